The van der Waals surface area contributed by atoms with Gasteiger partial charge in [0.15, 0.2) is 11.5 Å². The summed E-state index contributed by atoms with van der Waals surface area (Å²) in [5, 5.41) is 5.46. The zero-order valence-corrected chi connectivity index (χ0v) is 18.3. The van der Waals surface area contributed by atoms with E-state index in [0.717, 1.165) is 3.57 Å². The maximum atomic E-state index is 12.7. The summed E-state index contributed by atoms with van der Waals surface area (Å²) >= 11 is 2.07. The third-order valence-corrected chi connectivity index (χ3v) is 4.52. The second kappa shape index (κ2) is 10.2. The average molecular weight is 498 g/mol. The van der Waals surface area contributed by atoms with Crippen molar-refractivity contribution in [2.45, 2.75) is 13.8 Å². The number of ether oxygens (including phenoxy) is 3. The number of hydrogen-bond acceptors (Lipinski definition) is 5. The van der Waals surface area contributed by atoms with E-state index in [1.54, 1.807) is 43.5 Å². The Labute approximate surface area is 177 Å². The number of halogens is 1. The van der Waals surface area contributed by atoms with E-state index in [2.05, 4.69) is 33.2 Å². The van der Waals surface area contributed by atoms with Crippen molar-refractivity contribution in [1.29, 1.82) is 0 Å². The second-order valence-corrected chi connectivity index (χ2v) is 7.50. The zero-order valence-electron chi connectivity index (χ0n) is 16.2. The summed E-state index contributed by atoms with van der Waals surface area (Å²) in [6.07, 6.45) is -0.536. The molecule has 2 N–H and O–H groups in total. The molecule has 0 aliphatic carbocycles. The van der Waals surface area contributed by atoms with Gasteiger partial charge in [-0.1, -0.05) is 19.9 Å². The minimum Gasteiger partial charge on any atom is -0.493 e. The molecule has 2 aromatic rings. The Kier molecular flexibility index (Phi) is 7.91. The van der Waals surface area contributed by atoms with Crippen LogP contribution in [0, 0.1) is 9.49 Å². The second-order valence-electron chi connectivity index (χ2n) is 6.34. The Balaban J connectivity index is 2.11. The molecule has 8 heteroatoms. The van der Waals surface area contributed by atoms with Gasteiger partial charge in [-0.3, -0.25) is 10.1 Å². The third-order valence-electron chi connectivity index (χ3n) is 3.63. The van der Waals surface area contributed by atoms with Crippen LogP contribution in [0.5, 0.6) is 11.5 Å². The highest BCUT2D eigenvalue weighted by atomic mass is 127. The number of methoxy groups -OCH3 is 2. The highest BCUT2D eigenvalue weighted by Gasteiger charge is 2.16. The van der Waals surface area contributed by atoms with Gasteiger partial charge in [0.1, 0.15) is 0 Å². The van der Waals surface area contributed by atoms with Crippen LogP contribution in [0.3, 0.4) is 0 Å². The van der Waals surface area contributed by atoms with Crippen LogP contribution in [-0.4, -0.2) is 32.8 Å². The smallest absolute Gasteiger partial charge is 0.411 e. The number of hydrogen-bond donors (Lipinski definition) is 2. The number of anilines is 2. The van der Waals surface area contributed by atoms with Gasteiger partial charge in [-0.05, 0) is 58.8 Å². The Morgan fingerprint density at radius 3 is 2.21 bits per heavy atom. The molecule has 0 saturated carbocycles. The number of benzene rings is 2. The molecule has 0 bridgehead atoms. The molecule has 7 nitrogen and oxygen atoms in total. The van der Waals surface area contributed by atoms with Crippen LogP contribution in [0.25, 0.3) is 0 Å². The van der Waals surface area contributed by atoms with Crippen molar-refractivity contribution in [3.05, 3.63) is 45.5 Å². The summed E-state index contributed by atoms with van der Waals surface area (Å²) in [5.74, 6) is 0.969. The molecular formula is C20H23IN2O5. The molecule has 0 unspecified atom stereocenters. The molecule has 0 atom stereocenters. The Hall–Kier alpha value is -2.49. The van der Waals surface area contributed by atoms with E-state index in [0.29, 0.717) is 35.0 Å². The van der Waals surface area contributed by atoms with Crippen molar-refractivity contribution in [3.8, 4) is 11.5 Å². The van der Waals surface area contributed by atoms with E-state index >= 15 is 0 Å². The number of rotatable bonds is 7. The van der Waals surface area contributed by atoms with Crippen LogP contribution in [0.2, 0.25) is 0 Å². The number of nitrogens with one attached hydrogen (secondary N) is 2. The van der Waals surface area contributed by atoms with E-state index in [1.165, 1.54) is 7.11 Å². The van der Waals surface area contributed by atoms with Crippen LogP contribution < -0.4 is 20.1 Å². The van der Waals surface area contributed by atoms with Gasteiger partial charge in [-0.2, -0.15) is 0 Å². The molecule has 2 aromatic carbocycles. The average Bonchev–Trinajstić information content (AvgIpc) is 2.66. The monoisotopic (exact) mass is 498 g/mol. The van der Waals surface area contributed by atoms with E-state index in [-0.39, 0.29) is 11.8 Å². The molecule has 2 rings (SSSR count). The molecule has 0 fully saturated rings. The molecule has 0 radical (unpaired) electrons. The van der Waals surface area contributed by atoms with E-state index in [9.17, 15) is 9.59 Å². The summed E-state index contributed by atoms with van der Waals surface area (Å²) < 4.78 is 16.3. The SMILES string of the molecule is COc1cc(I)c(C(=O)Nc2cccc(NC(=O)OCC(C)C)c2)cc1OC. The van der Waals surface area contributed by atoms with Gasteiger partial charge in [-0.25, -0.2) is 4.79 Å². The topological polar surface area (TPSA) is 85.9 Å². The number of carbonyl (C=O) groups is 2. The minimum absolute atomic E-state index is 0.250. The number of amides is 2. The molecule has 2 amide bonds. The predicted molar refractivity (Wildman–Crippen MR) is 116 cm³/mol. The van der Waals surface area contributed by atoms with Crippen molar-refractivity contribution >= 4 is 46.0 Å². The lowest BCUT2D eigenvalue weighted by Gasteiger charge is -2.13. The molecule has 0 aliphatic rings. The van der Waals surface area contributed by atoms with Gasteiger partial charge in [-0.15, -0.1) is 0 Å². The maximum absolute atomic E-state index is 12.7. The lowest BCUT2D eigenvalue weighted by atomic mass is 10.1. The standard InChI is InChI=1S/C20H23IN2O5/c1-12(2)11-28-20(25)23-14-7-5-6-13(8-14)22-19(24)15-9-17(26-3)18(27-4)10-16(15)21/h5-10,12H,11H2,1-4H3,(H,22,24)(H,23,25). The van der Waals surface area contributed by atoms with E-state index < -0.39 is 6.09 Å². The predicted octanol–water partition coefficient (Wildman–Crippen LogP) is 4.77. The van der Waals surface area contributed by atoms with Crippen LogP contribution >= 0.6 is 22.6 Å². The van der Waals surface area contributed by atoms with Crippen LogP contribution in [-0.2, 0) is 4.74 Å². The molecule has 0 heterocycles. The third kappa shape index (κ3) is 6.01. The lowest BCUT2D eigenvalue weighted by Crippen LogP contribution is -2.17. The molecule has 150 valence electrons. The fourth-order valence-corrected chi connectivity index (χ4v) is 2.98. The largest absolute Gasteiger partial charge is 0.493 e. The fraction of sp³-hybridized carbons (Fsp3) is 0.300. The molecule has 0 aromatic heterocycles. The van der Waals surface area contributed by atoms with Crippen LogP contribution in [0.4, 0.5) is 16.2 Å². The van der Waals surface area contributed by atoms with Gasteiger partial charge < -0.3 is 19.5 Å². The first-order valence-electron chi connectivity index (χ1n) is 8.60. The molecule has 28 heavy (non-hydrogen) atoms. The fourth-order valence-electron chi connectivity index (χ4n) is 2.30. The normalized spacial score (nSPS) is 10.4. The minimum atomic E-state index is -0.536. The highest BCUT2D eigenvalue weighted by Crippen LogP contribution is 2.31. The highest BCUT2D eigenvalue weighted by molar-refractivity contribution is 14.1. The van der Waals surface area contributed by atoms with Gasteiger partial charge in [0.25, 0.3) is 5.91 Å². The van der Waals surface area contributed by atoms with E-state index in [4.69, 9.17) is 14.2 Å². The first kappa shape index (κ1) is 21.8. The Morgan fingerprint density at radius 1 is 1.00 bits per heavy atom. The summed E-state index contributed by atoms with van der Waals surface area (Å²) in [7, 11) is 3.05. The van der Waals surface area contributed by atoms with Crippen LogP contribution in [0.1, 0.15) is 24.2 Å². The quantitative estimate of drug-likeness (QED) is 0.538. The van der Waals surface area contributed by atoms with Crippen molar-refractivity contribution in [3.63, 3.8) is 0 Å². The van der Waals surface area contributed by atoms with Crippen molar-refractivity contribution in [2.75, 3.05) is 31.5 Å². The maximum Gasteiger partial charge on any atom is 0.411 e. The summed E-state index contributed by atoms with van der Waals surface area (Å²) in [6.45, 7) is 4.25. The van der Waals surface area contributed by atoms with Gasteiger partial charge in [0.05, 0.1) is 26.4 Å². The molecular weight excluding hydrogens is 475 g/mol. The Morgan fingerprint density at radius 2 is 1.61 bits per heavy atom. The molecule has 0 aliphatic heterocycles. The molecule has 0 saturated heterocycles. The van der Waals surface area contributed by atoms with Gasteiger partial charge >= 0.3 is 6.09 Å². The zero-order chi connectivity index (χ0) is 20.7. The van der Waals surface area contributed by atoms with Gasteiger partial charge in [0.2, 0.25) is 0 Å². The van der Waals surface area contributed by atoms with E-state index in [1.807, 2.05) is 13.8 Å². The summed E-state index contributed by atoms with van der Waals surface area (Å²) in [5.41, 5.74) is 1.51. The van der Waals surface area contributed by atoms with Crippen molar-refractivity contribution in [2.24, 2.45) is 5.92 Å². The van der Waals surface area contributed by atoms with Crippen molar-refractivity contribution < 1.29 is 23.8 Å². The van der Waals surface area contributed by atoms with Crippen molar-refractivity contribution in [1.82, 2.24) is 0 Å². The summed E-state index contributed by atoms with van der Waals surface area (Å²) in [4.78, 5) is 24.5. The van der Waals surface area contributed by atoms with Crippen LogP contribution in [0.15, 0.2) is 36.4 Å². The summed E-state index contributed by atoms with van der Waals surface area (Å²) in [6, 6.07) is 10.2. The van der Waals surface area contributed by atoms with Gasteiger partial charge in [0, 0.05) is 14.9 Å². The Bertz CT molecular complexity index is 854. The molecule has 0 spiro atoms. The first-order valence-corrected chi connectivity index (χ1v) is 9.68. The number of carbonyl (C=O) groups excluding carboxylic acids is 2. The lowest BCUT2D eigenvalue weighted by molar-refractivity contribution is 0.102. The first-order chi connectivity index (χ1) is 13.3.